The van der Waals surface area contributed by atoms with E-state index in [-0.39, 0.29) is 13.0 Å². The predicted molar refractivity (Wildman–Crippen MR) is 67.0 cm³/mol. The maximum absolute atomic E-state index is 14.6. The Hall–Kier alpha value is -0.710. The van der Waals surface area contributed by atoms with E-state index >= 15 is 0 Å². The molecule has 0 spiro atoms. The highest BCUT2D eigenvalue weighted by Crippen LogP contribution is 2.27. The molecule has 1 atom stereocenters. The SMILES string of the molecule is COCC(F)(CCCN)Cc1ccncc1Cl. The van der Waals surface area contributed by atoms with Gasteiger partial charge in [0, 0.05) is 25.9 Å². The van der Waals surface area contributed by atoms with Crippen molar-refractivity contribution >= 4 is 11.6 Å². The van der Waals surface area contributed by atoms with Crippen LogP contribution in [0.15, 0.2) is 18.5 Å². The molecule has 1 unspecified atom stereocenters. The van der Waals surface area contributed by atoms with Crippen LogP contribution in [-0.4, -0.2) is 30.9 Å². The molecule has 2 N–H and O–H groups in total. The molecule has 3 nitrogen and oxygen atoms in total. The summed E-state index contributed by atoms with van der Waals surface area (Å²) in [5, 5.41) is 0.485. The summed E-state index contributed by atoms with van der Waals surface area (Å²) in [6.45, 7) is 0.519. The number of nitrogens with two attached hydrogens (primary N) is 1. The van der Waals surface area contributed by atoms with Gasteiger partial charge in [0.15, 0.2) is 0 Å². The van der Waals surface area contributed by atoms with Crippen molar-refractivity contribution in [3.05, 3.63) is 29.0 Å². The second kappa shape index (κ2) is 6.89. The lowest BCUT2D eigenvalue weighted by molar-refractivity contribution is 0.0334. The Labute approximate surface area is 106 Å². The Morgan fingerprint density at radius 2 is 2.35 bits per heavy atom. The van der Waals surface area contributed by atoms with Gasteiger partial charge < -0.3 is 10.5 Å². The molecule has 0 aliphatic carbocycles. The quantitative estimate of drug-likeness (QED) is 0.819. The van der Waals surface area contributed by atoms with Gasteiger partial charge in [-0.15, -0.1) is 0 Å². The van der Waals surface area contributed by atoms with Gasteiger partial charge in [-0.3, -0.25) is 4.98 Å². The first-order valence-corrected chi connectivity index (χ1v) is 5.95. The lowest BCUT2D eigenvalue weighted by Crippen LogP contribution is -2.32. The largest absolute Gasteiger partial charge is 0.381 e. The van der Waals surface area contributed by atoms with Crippen LogP contribution in [-0.2, 0) is 11.2 Å². The second-order valence-corrected chi connectivity index (χ2v) is 4.53. The van der Waals surface area contributed by atoms with Crippen LogP contribution in [0.1, 0.15) is 18.4 Å². The average Bonchev–Trinajstić information content (AvgIpc) is 2.30. The van der Waals surface area contributed by atoms with Gasteiger partial charge in [-0.2, -0.15) is 0 Å². The van der Waals surface area contributed by atoms with Gasteiger partial charge in [-0.05, 0) is 31.0 Å². The van der Waals surface area contributed by atoms with E-state index in [9.17, 15) is 4.39 Å². The predicted octanol–water partition coefficient (Wildman–Crippen LogP) is 2.37. The highest BCUT2D eigenvalue weighted by atomic mass is 35.5. The number of nitrogens with zero attached hydrogens (tertiary/aromatic N) is 1. The van der Waals surface area contributed by atoms with E-state index in [1.807, 2.05) is 0 Å². The molecule has 0 fully saturated rings. The zero-order valence-corrected chi connectivity index (χ0v) is 10.7. The normalized spacial score (nSPS) is 14.6. The van der Waals surface area contributed by atoms with E-state index in [4.69, 9.17) is 22.1 Å². The maximum Gasteiger partial charge on any atom is 0.138 e. The van der Waals surface area contributed by atoms with E-state index < -0.39 is 5.67 Å². The highest BCUT2D eigenvalue weighted by Gasteiger charge is 2.30. The number of ether oxygens (including phenoxy) is 1. The summed E-state index contributed by atoms with van der Waals surface area (Å²) in [7, 11) is 1.49. The molecule has 96 valence electrons. The van der Waals surface area contributed by atoms with Gasteiger partial charge in [0.25, 0.3) is 0 Å². The average molecular weight is 261 g/mol. The van der Waals surface area contributed by atoms with Crippen molar-refractivity contribution in [1.82, 2.24) is 4.98 Å². The fourth-order valence-corrected chi connectivity index (χ4v) is 1.96. The molecule has 0 bridgehead atoms. The number of aromatic nitrogens is 1. The van der Waals surface area contributed by atoms with E-state index in [0.29, 0.717) is 24.4 Å². The fourth-order valence-electron chi connectivity index (χ4n) is 1.78. The number of methoxy groups -OCH3 is 1. The smallest absolute Gasteiger partial charge is 0.138 e. The van der Waals surface area contributed by atoms with Crippen LogP contribution in [0, 0.1) is 0 Å². The molecule has 0 aromatic carbocycles. The molecular weight excluding hydrogens is 243 g/mol. The molecule has 17 heavy (non-hydrogen) atoms. The molecule has 0 aliphatic heterocycles. The van der Waals surface area contributed by atoms with Gasteiger partial charge in [-0.25, -0.2) is 4.39 Å². The molecule has 1 aromatic heterocycles. The minimum atomic E-state index is -1.42. The van der Waals surface area contributed by atoms with Gasteiger partial charge in [0.05, 0.1) is 11.6 Å². The van der Waals surface area contributed by atoms with Crippen LogP contribution < -0.4 is 5.73 Å². The number of pyridine rings is 1. The maximum atomic E-state index is 14.6. The van der Waals surface area contributed by atoms with Crippen LogP contribution in [0.25, 0.3) is 0 Å². The minimum absolute atomic E-state index is 0.0473. The van der Waals surface area contributed by atoms with Crippen molar-refractivity contribution in [2.45, 2.75) is 24.9 Å². The summed E-state index contributed by atoms with van der Waals surface area (Å²) < 4.78 is 19.5. The monoisotopic (exact) mass is 260 g/mol. The van der Waals surface area contributed by atoms with Crippen LogP contribution in [0.4, 0.5) is 4.39 Å². The molecule has 1 heterocycles. The molecule has 0 radical (unpaired) electrons. The lowest BCUT2D eigenvalue weighted by atomic mass is 9.92. The third kappa shape index (κ3) is 4.58. The summed E-state index contributed by atoms with van der Waals surface area (Å²) in [4.78, 5) is 3.88. The van der Waals surface area contributed by atoms with Crippen molar-refractivity contribution in [3.63, 3.8) is 0 Å². The Bertz CT molecular complexity index is 351. The van der Waals surface area contributed by atoms with Gasteiger partial charge in [0.2, 0.25) is 0 Å². The van der Waals surface area contributed by atoms with Crippen molar-refractivity contribution in [2.24, 2.45) is 5.73 Å². The van der Waals surface area contributed by atoms with Crippen LogP contribution in [0.2, 0.25) is 5.02 Å². The Morgan fingerprint density at radius 1 is 1.59 bits per heavy atom. The first-order valence-electron chi connectivity index (χ1n) is 5.57. The van der Waals surface area contributed by atoms with Crippen LogP contribution in [0.3, 0.4) is 0 Å². The van der Waals surface area contributed by atoms with Gasteiger partial charge in [0.1, 0.15) is 5.67 Å². The summed E-state index contributed by atoms with van der Waals surface area (Å²) in [6.07, 6.45) is 4.35. The van der Waals surface area contributed by atoms with Crippen LogP contribution in [0.5, 0.6) is 0 Å². The van der Waals surface area contributed by atoms with Crippen molar-refractivity contribution in [1.29, 1.82) is 0 Å². The highest BCUT2D eigenvalue weighted by molar-refractivity contribution is 6.31. The summed E-state index contributed by atoms with van der Waals surface area (Å²) in [5.41, 5.74) is 4.74. The first-order chi connectivity index (χ1) is 8.11. The lowest BCUT2D eigenvalue weighted by Gasteiger charge is -2.24. The first kappa shape index (κ1) is 14.4. The van der Waals surface area contributed by atoms with E-state index in [0.717, 1.165) is 5.56 Å². The Balaban J connectivity index is 2.75. The number of hydrogen-bond donors (Lipinski definition) is 1. The fraction of sp³-hybridized carbons (Fsp3) is 0.583. The molecule has 0 saturated heterocycles. The summed E-state index contributed by atoms with van der Waals surface area (Å²) >= 11 is 5.97. The third-order valence-electron chi connectivity index (χ3n) is 2.60. The Morgan fingerprint density at radius 3 is 2.94 bits per heavy atom. The number of alkyl halides is 1. The summed E-state index contributed by atoms with van der Waals surface area (Å²) in [6, 6.07) is 1.73. The molecule has 1 rings (SSSR count). The topological polar surface area (TPSA) is 48.1 Å². The van der Waals surface area contributed by atoms with Crippen molar-refractivity contribution < 1.29 is 9.13 Å². The molecule has 0 amide bonds. The third-order valence-corrected chi connectivity index (χ3v) is 2.94. The van der Waals surface area contributed by atoms with Gasteiger partial charge >= 0.3 is 0 Å². The Kier molecular flexibility index (Phi) is 5.82. The number of rotatable bonds is 7. The molecule has 5 heteroatoms. The van der Waals surface area contributed by atoms with Gasteiger partial charge in [-0.1, -0.05) is 11.6 Å². The minimum Gasteiger partial charge on any atom is -0.381 e. The van der Waals surface area contributed by atoms with E-state index in [1.165, 1.54) is 13.3 Å². The summed E-state index contributed by atoms with van der Waals surface area (Å²) in [5.74, 6) is 0. The zero-order valence-electron chi connectivity index (χ0n) is 9.96. The molecule has 1 aromatic rings. The standard InChI is InChI=1S/C12H18ClFN2O/c1-17-9-12(14,4-2-5-15)7-10-3-6-16-8-11(10)13/h3,6,8H,2,4-5,7,9,15H2,1H3. The van der Waals surface area contributed by atoms with E-state index in [2.05, 4.69) is 4.98 Å². The molecule has 0 aliphatic rings. The van der Waals surface area contributed by atoms with Crippen molar-refractivity contribution in [3.8, 4) is 0 Å². The number of halogens is 2. The number of hydrogen-bond acceptors (Lipinski definition) is 3. The molecule has 0 saturated carbocycles. The second-order valence-electron chi connectivity index (χ2n) is 4.12. The van der Waals surface area contributed by atoms with Crippen LogP contribution >= 0.6 is 11.6 Å². The van der Waals surface area contributed by atoms with Crippen molar-refractivity contribution in [2.75, 3.05) is 20.3 Å². The molecular formula is C12H18ClFN2O. The van der Waals surface area contributed by atoms with E-state index in [1.54, 1.807) is 12.3 Å². The zero-order chi connectivity index (χ0) is 12.7.